The topological polar surface area (TPSA) is 94.2 Å². The molecule has 0 spiro atoms. The molecule has 0 aromatic carbocycles. The van der Waals surface area contributed by atoms with Crippen LogP contribution in [0.15, 0.2) is 23.1 Å². The highest BCUT2D eigenvalue weighted by atomic mass is 16.2. The first-order valence-corrected chi connectivity index (χ1v) is 4.71. The van der Waals surface area contributed by atoms with E-state index >= 15 is 0 Å². The Morgan fingerprint density at radius 3 is 2.75 bits per heavy atom. The highest BCUT2D eigenvalue weighted by molar-refractivity contribution is 5.83. The first-order chi connectivity index (χ1) is 7.49. The maximum atomic E-state index is 11.4. The van der Waals surface area contributed by atoms with Crippen molar-refractivity contribution in [3.8, 4) is 0 Å². The molecule has 6 nitrogen and oxygen atoms in total. The largest absolute Gasteiger partial charge is 0.368 e. The van der Waals surface area contributed by atoms with Crippen LogP contribution >= 0.6 is 0 Å². The molecule has 0 bridgehead atoms. The first kappa shape index (κ1) is 12.0. The van der Waals surface area contributed by atoms with E-state index in [4.69, 9.17) is 5.73 Å². The minimum Gasteiger partial charge on any atom is -0.368 e. The van der Waals surface area contributed by atoms with E-state index in [-0.39, 0.29) is 18.6 Å². The average Bonchev–Trinajstić information content (AvgIpc) is 2.19. The average molecular weight is 223 g/mol. The monoisotopic (exact) mass is 223 g/mol. The van der Waals surface area contributed by atoms with Crippen LogP contribution in [0.1, 0.15) is 5.56 Å². The van der Waals surface area contributed by atoms with Gasteiger partial charge in [0.25, 0.3) is 5.56 Å². The number of nitrogens with one attached hydrogen (secondary N) is 1. The van der Waals surface area contributed by atoms with Crippen LogP contribution in [0.25, 0.3) is 0 Å². The number of amides is 2. The number of aryl methyl sites for hydroxylation is 1. The van der Waals surface area contributed by atoms with Crippen molar-refractivity contribution in [1.82, 2.24) is 9.88 Å². The van der Waals surface area contributed by atoms with Crippen LogP contribution in [0, 0.1) is 6.92 Å². The summed E-state index contributed by atoms with van der Waals surface area (Å²) in [7, 11) is 0. The zero-order valence-electron chi connectivity index (χ0n) is 8.90. The summed E-state index contributed by atoms with van der Waals surface area (Å²) in [6, 6.07) is 3.16. The van der Waals surface area contributed by atoms with E-state index in [0.717, 1.165) is 5.56 Å². The number of nitrogens with two attached hydrogens (primary N) is 1. The molecule has 0 aliphatic carbocycles. The second-order valence-corrected chi connectivity index (χ2v) is 3.41. The molecule has 6 heteroatoms. The van der Waals surface area contributed by atoms with Crippen LogP contribution in [0.4, 0.5) is 0 Å². The summed E-state index contributed by atoms with van der Waals surface area (Å²) in [5, 5.41) is 2.30. The number of primary amides is 1. The molecule has 1 heterocycles. The van der Waals surface area contributed by atoms with Crippen molar-refractivity contribution in [3.05, 3.63) is 34.2 Å². The molecule has 2 amide bonds. The molecule has 0 fully saturated rings. The summed E-state index contributed by atoms with van der Waals surface area (Å²) >= 11 is 0. The number of aromatic nitrogens is 1. The van der Waals surface area contributed by atoms with E-state index < -0.39 is 11.8 Å². The number of carbonyl (C=O) groups is 2. The normalized spacial score (nSPS) is 9.81. The number of hydrogen-bond acceptors (Lipinski definition) is 3. The molecule has 0 saturated carbocycles. The van der Waals surface area contributed by atoms with Crippen molar-refractivity contribution in [2.75, 3.05) is 6.54 Å². The Morgan fingerprint density at radius 1 is 1.50 bits per heavy atom. The smallest absolute Gasteiger partial charge is 0.251 e. The van der Waals surface area contributed by atoms with Crippen molar-refractivity contribution < 1.29 is 9.59 Å². The van der Waals surface area contributed by atoms with Gasteiger partial charge in [0.1, 0.15) is 6.54 Å². The molecule has 0 aliphatic heterocycles. The number of carbonyl (C=O) groups excluding carboxylic acids is 2. The number of hydrogen-bond donors (Lipinski definition) is 2. The Kier molecular flexibility index (Phi) is 3.82. The van der Waals surface area contributed by atoms with Gasteiger partial charge in [-0.05, 0) is 18.6 Å². The fraction of sp³-hybridized carbons (Fsp3) is 0.300. The van der Waals surface area contributed by atoms with Gasteiger partial charge in [-0.1, -0.05) is 0 Å². The lowest BCUT2D eigenvalue weighted by Crippen LogP contribution is -2.37. The molecular weight excluding hydrogens is 210 g/mol. The molecule has 1 aromatic heterocycles. The van der Waals surface area contributed by atoms with Crippen molar-refractivity contribution >= 4 is 11.8 Å². The second-order valence-electron chi connectivity index (χ2n) is 3.41. The molecule has 1 aromatic rings. The summed E-state index contributed by atoms with van der Waals surface area (Å²) in [5.74, 6) is -1.05. The molecule has 16 heavy (non-hydrogen) atoms. The standard InChI is InChI=1S/C10H13N3O3/c1-7-2-3-13(10(16)4-7)6-9(15)12-5-8(11)14/h2-4H,5-6H2,1H3,(H2,11,14)(H,12,15). The van der Waals surface area contributed by atoms with E-state index in [9.17, 15) is 14.4 Å². The Labute approximate surface area is 92.1 Å². The van der Waals surface area contributed by atoms with Crippen LogP contribution in [-0.2, 0) is 16.1 Å². The summed E-state index contributed by atoms with van der Waals surface area (Å²) in [6.07, 6.45) is 1.53. The third kappa shape index (κ3) is 3.56. The Bertz CT molecular complexity index is 465. The zero-order valence-corrected chi connectivity index (χ0v) is 8.90. The molecule has 0 saturated heterocycles. The van der Waals surface area contributed by atoms with E-state index in [0.29, 0.717) is 0 Å². The molecule has 0 atom stereocenters. The van der Waals surface area contributed by atoms with Gasteiger partial charge in [0, 0.05) is 12.3 Å². The predicted octanol–water partition coefficient (Wildman–Crippen LogP) is -1.24. The number of nitrogens with zero attached hydrogens (tertiary/aromatic N) is 1. The lowest BCUT2D eigenvalue weighted by molar-refractivity contribution is -0.125. The Hall–Kier alpha value is -2.11. The second kappa shape index (κ2) is 5.11. The van der Waals surface area contributed by atoms with E-state index in [1.54, 1.807) is 13.0 Å². The molecule has 0 radical (unpaired) electrons. The molecule has 1 rings (SSSR count). The fourth-order valence-electron chi connectivity index (χ4n) is 1.13. The Morgan fingerprint density at radius 2 is 2.19 bits per heavy atom. The van der Waals surface area contributed by atoms with Crippen LogP contribution < -0.4 is 16.6 Å². The molecule has 3 N–H and O–H groups in total. The lowest BCUT2D eigenvalue weighted by Gasteiger charge is -2.05. The molecular formula is C10H13N3O3. The van der Waals surface area contributed by atoms with Crippen molar-refractivity contribution in [2.24, 2.45) is 5.73 Å². The quantitative estimate of drug-likeness (QED) is 0.668. The van der Waals surface area contributed by atoms with Gasteiger partial charge in [-0.3, -0.25) is 14.4 Å². The predicted molar refractivity (Wildman–Crippen MR) is 57.6 cm³/mol. The number of rotatable bonds is 4. The summed E-state index contributed by atoms with van der Waals surface area (Å²) in [6.45, 7) is 1.45. The third-order valence-electron chi connectivity index (χ3n) is 1.93. The summed E-state index contributed by atoms with van der Waals surface area (Å²) in [4.78, 5) is 33.1. The van der Waals surface area contributed by atoms with E-state index in [1.165, 1.54) is 16.8 Å². The lowest BCUT2D eigenvalue weighted by atomic mass is 10.3. The van der Waals surface area contributed by atoms with E-state index in [2.05, 4.69) is 5.32 Å². The summed E-state index contributed by atoms with van der Waals surface area (Å²) in [5.41, 5.74) is 5.44. The minimum atomic E-state index is -0.621. The van der Waals surface area contributed by atoms with Gasteiger partial charge in [-0.25, -0.2) is 0 Å². The fourth-order valence-corrected chi connectivity index (χ4v) is 1.13. The highest BCUT2D eigenvalue weighted by Crippen LogP contribution is 1.90. The van der Waals surface area contributed by atoms with Crippen LogP contribution in [0.3, 0.4) is 0 Å². The van der Waals surface area contributed by atoms with Crippen LogP contribution in [-0.4, -0.2) is 22.9 Å². The van der Waals surface area contributed by atoms with Gasteiger partial charge in [-0.15, -0.1) is 0 Å². The van der Waals surface area contributed by atoms with Crippen LogP contribution in [0.5, 0.6) is 0 Å². The maximum Gasteiger partial charge on any atom is 0.251 e. The van der Waals surface area contributed by atoms with Gasteiger partial charge in [0.05, 0.1) is 6.54 Å². The van der Waals surface area contributed by atoms with Gasteiger partial charge >= 0.3 is 0 Å². The SMILES string of the molecule is Cc1ccn(CC(=O)NCC(N)=O)c(=O)c1. The highest BCUT2D eigenvalue weighted by Gasteiger charge is 2.04. The van der Waals surface area contributed by atoms with Gasteiger partial charge in [0.15, 0.2) is 0 Å². The van der Waals surface area contributed by atoms with Crippen molar-refractivity contribution in [1.29, 1.82) is 0 Å². The van der Waals surface area contributed by atoms with Gasteiger partial charge in [0.2, 0.25) is 11.8 Å². The summed E-state index contributed by atoms with van der Waals surface area (Å²) < 4.78 is 1.25. The molecule has 0 unspecified atom stereocenters. The Balaban J connectivity index is 2.63. The van der Waals surface area contributed by atoms with Crippen LogP contribution in [0.2, 0.25) is 0 Å². The first-order valence-electron chi connectivity index (χ1n) is 4.71. The minimum absolute atomic E-state index is 0.119. The zero-order chi connectivity index (χ0) is 12.1. The molecule has 86 valence electrons. The van der Waals surface area contributed by atoms with Gasteiger partial charge < -0.3 is 15.6 Å². The third-order valence-corrected chi connectivity index (χ3v) is 1.93. The van der Waals surface area contributed by atoms with Crippen molar-refractivity contribution in [3.63, 3.8) is 0 Å². The molecule has 0 aliphatic rings. The van der Waals surface area contributed by atoms with E-state index in [1.807, 2.05) is 0 Å². The maximum absolute atomic E-state index is 11.4. The van der Waals surface area contributed by atoms with Crippen molar-refractivity contribution in [2.45, 2.75) is 13.5 Å². The van der Waals surface area contributed by atoms with Gasteiger partial charge in [-0.2, -0.15) is 0 Å². The number of pyridine rings is 1.